The number of hydrogen-bond acceptors (Lipinski definition) is 4. The zero-order valence-electron chi connectivity index (χ0n) is 13.3. The summed E-state index contributed by atoms with van der Waals surface area (Å²) in [5.41, 5.74) is 2.72. The minimum atomic E-state index is -2.62. The van der Waals surface area contributed by atoms with Crippen LogP contribution in [0.3, 0.4) is 0 Å². The zero-order valence-corrected chi connectivity index (χ0v) is 13.3. The summed E-state index contributed by atoms with van der Waals surface area (Å²) in [6.07, 6.45) is -1.43. The summed E-state index contributed by atoms with van der Waals surface area (Å²) >= 11 is 0. The lowest BCUT2D eigenvalue weighted by molar-refractivity contribution is 0.146. The van der Waals surface area contributed by atoms with Gasteiger partial charge in [0.25, 0.3) is 6.43 Å². The van der Waals surface area contributed by atoms with Gasteiger partial charge < -0.3 is 10.2 Å². The summed E-state index contributed by atoms with van der Waals surface area (Å²) in [4.78, 5) is 9.85. The van der Waals surface area contributed by atoms with Crippen molar-refractivity contribution in [2.24, 2.45) is 0 Å². The van der Waals surface area contributed by atoms with Gasteiger partial charge in [-0.05, 0) is 17.7 Å². The third-order valence-electron chi connectivity index (χ3n) is 4.27. The van der Waals surface area contributed by atoms with Crippen LogP contribution < -0.4 is 10.2 Å². The molecule has 1 aliphatic heterocycles. The lowest BCUT2D eigenvalue weighted by Gasteiger charge is -2.36. The maximum atomic E-state index is 13.0. The summed E-state index contributed by atoms with van der Waals surface area (Å²) in [6.45, 7) is 0.584. The Morgan fingerprint density at radius 1 is 1.00 bits per heavy atom. The van der Waals surface area contributed by atoms with E-state index >= 15 is 0 Å². The second kappa shape index (κ2) is 6.47. The number of rotatable bonds is 3. The van der Waals surface area contributed by atoms with Gasteiger partial charge in [0.15, 0.2) is 0 Å². The van der Waals surface area contributed by atoms with E-state index < -0.39 is 6.43 Å². The van der Waals surface area contributed by atoms with Crippen molar-refractivity contribution in [1.29, 1.82) is 0 Å². The molecule has 2 heterocycles. The van der Waals surface area contributed by atoms with Crippen molar-refractivity contribution in [3.63, 3.8) is 0 Å². The number of benzene rings is 2. The number of alkyl halides is 2. The molecule has 0 saturated carbocycles. The maximum absolute atomic E-state index is 13.0. The molecule has 25 heavy (non-hydrogen) atoms. The molecule has 0 aliphatic carbocycles. The number of fused-ring (bicyclic) bond motifs is 1. The first-order chi connectivity index (χ1) is 12.2. The van der Waals surface area contributed by atoms with Crippen LogP contribution in [-0.2, 0) is 0 Å². The molecule has 1 atom stereocenters. The molecule has 6 heteroatoms. The predicted octanol–water partition coefficient (Wildman–Crippen LogP) is 4.72. The predicted molar refractivity (Wildman–Crippen MR) is 93.2 cm³/mol. The molecule has 2 aromatic carbocycles. The molecule has 1 aromatic heterocycles. The van der Waals surface area contributed by atoms with Crippen molar-refractivity contribution in [2.75, 3.05) is 16.8 Å². The van der Waals surface area contributed by atoms with E-state index in [1.54, 1.807) is 0 Å². The molecule has 4 nitrogen and oxygen atoms in total. The van der Waals surface area contributed by atoms with Gasteiger partial charge in [0.2, 0.25) is 0 Å². The lowest BCUT2D eigenvalue weighted by atomic mass is 10.0. The monoisotopic (exact) mass is 338 g/mol. The van der Waals surface area contributed by atoms with E-state index in [0.717, 1.165) is 16.9 Å². The van der Waals surface area contributed by atoms with E-state index in [2.05, 4.69) is 15.3 Å². The molecule has 0 radical (unpaired) electrons. The standard InChI is InChI=1S/C19H16F2N4/c20-19(21)15-10-18(23-12-22-15)25-11-16(13-6-2-1-3-7-13)24-14-8-4-5-9-17(14)25/h1-10,12,16,19,24H,11H2. The van der Waals surface area contributed by atoms with Crippen LogP contribution >= 0.6 is 0 Å². The molecular formula is C19H16F2N4. The highest BCUT2D eigenvalue weighted by Crippen LogP contribution is 2.39. The Kier molecular flexibility index (Phi) is 4.01. The van der Waals surface area contributed by atoms with Crippen molar-refractivity contribution in [1.82, 2.24) is 9.97 Å². The van der Waals surface area contributed by atoms with Crippen LogP contribution in [-0.4, -0.2) is 16.5 Å². The molecule has 0 saturated heterocycles. The van der Waals surface area contributed by atoms with Crippen molar-refractivity contribution < 1.29 is 8.78 Å². The molecule has 1 unspecified atom stereocenters. The van der Waals surface area contributed by atoms with Crippen LogP contribution in [0, 0.1) is 0 Å². The van der Waals surface area contributed by atoms with Crippen molar-refractivity contribution >= 4 is 17.2 Å². The third kappa shape index (κ3) is 3.03. The molecule has 0 amide bonds. The van der Waals surface area contributed by atoms with Gasteiger partial charge in [-0.25, -0.2) is 18.7 Å². The third-order valence-corrected chi connectivity index (χ3v) is 4.27. The first kappa shape index (κ1) is 15.5. The molecule has 0 fully saturated rings. The number of aromatic nitrogens is 2. The molecule has 3 aromatic rings. The van der Waals surface area contributed by atoms with Gasteiger partial charge in [0, 0.05) is 12.6 Å². The average Bonchev–Trinajstić information content (AvgIpc) is 2.68. The highest BCUT2D eigenvalue weighted by atomic mass is 19.3. The fourth-order valence-electron chi connectivity index (χ4n) is 3.06. The Hall–Kier alpha value is -3.02. The number of anilines is 3. The van der Waals surface area contributed by atoms with Gasteiger partial charge in [0.05, 0.1) is 17.4 Å². The van der Waals surface area contributed by atoms with Gasteiger partial charge in [-0.15, -0.1) is 0 Å². The molecular weight excluding hydrogens is 322 g/mol. The molecule has 1 aliphatic rings. The SMILES string of the molecule is FC(F)c1cc(N2CC(c3ccccc3)Nc3ccccc32)ncn1. The fraction of sp³-hybridized carbons (Fsp3) is 0.158. The number of nitrogens with one attached hydrogen (secondary N) is 1. The summed E-state index contributed by atoms with van der Waals surface area (Å²) in [7, 11) is 0. The Morgan fingerprint density at radius 3 is 2.56 bits per heavy atom. The average molecular weight is 338 g/mol. The Bertz CT molecular complexity index is 870. The second-order valence-electron chi connectivity index (χ2n) is 5.84. The van der Waals surface area contributed by atoms with Crippen LogP contribution in [0.2, 0.25) is 0 Å². The summed E-state index contributed by atoms with van der Waals surface area (Å²) in [5.74, 6) is 0.472. The van der Waals surface area contributed by atoms with Gasteiger partial charge >= 0.3 is 0 Å². The van der Waals surface area contributed by atoms with Crippen LogP contribution in [0.25, 0.3) is 0 Å². The molecule has 1 N–H and O–H groups in total. The highest BCUT2D eigenvalue weighted by Gasteiger charge is 2.27. The summed E-state index contributed by atoms with van der Waals surface area (Å²) in [5, 5.41) is 3.52. The van der Waals surface area contributed by atoms with E-state index in [0.29, 0.717) is 12.4 Å². The number of nitrogens with zero attached hydrogens (tertiary/aromatic N) is 3. The normalized spacial score (nSPS) is 16.4. The van der Waals surface area contributed by atoms with Crippen LogP contribution in [0.15, 0.2) is 67.0 Å². The maximum Gasteiger partial charge on any atom is 0.280 e. The first-order valence-electron chi connectivity index (χ1n) is 8.00. The fourth-order valence-corrected chi connectivity index (χ4v) is 3.06. The van der Waals surface area contributed by atoms with Gasteiger partial charge in [-0.2, -0.15) is 0 Å². The van der Waals surface area contributed by atoms with Gasteiger partial charge in [0.1, 0.15) is 17.8 Å². The smallest absolute Gasteiger partial charge is 0.280 e. The largest absolute Gasteiger partial charge is 0.375 e. The molecule has 4 rings (SSSR count). The quantitative estimate of drug-likeness (QED) is 0.750. The highest BCUT2D eigenvalue weighted by molar-refractivity contribution is 5.78. The Balaban J connectivity index is 1.76. The minimum Gasteiger partial charge on any atom is -0.375 e. The second-order valence-corrected chi connectivity index (χ2v) is 5.84. The van der Waals surface area contributed by atoms with Crippen LogP contribution in [0.1, 0.15) is 23.7 Å². The van der Waals surface area contributed by atoms with E-state index in [9.17, 15) is 8.78 Å². The van der Waals surface area contributed by atoms with Gasteiger partial charge in [-0.1, -0.05) is 42.5 Å². The van der Waals surface area contributed by atoms with Crippen molar-refractivity contribution in [3.05, 3.63) is 78.2 Å². The zero-order chi connectivity index (χ0) is 17.2. The number of halogens is 2. The first-order valence-corrected chi connectivity index (χ1v) is 8.00. The van der Waals surface area contributed by atoms with Crippen molar-refractivity contribution in [2.45, 2.75) is 12.5 Å². The Labute approximate surface area is 144 Å². The Morgan fingerprint density at radius 2 is 1.76 bits per heavy atom. The molecule has 0 bridgehead atoms. The number of hydrogen-bond donors (Lipinski definition) is 1. The van der Waals surface area contributed by atoms with Crippen LogP contribution in [0.5, 0.6) is 0 Å². The summed E-state index contributed by atoms with van der Waals surface area (Å²) < 4.78 is 26.1. The number of para-hydroxylation sites is 2. The molecule has 126 valence electrons. The van der Waals surface area contributed by atoms with E-state index in [-0.39, 0.29) is 11.7 Å². The molecule has 0 spiro atoms. The summed E-state index contributed by atoms with van der Waals surface area (Å²) in [6, 6.07) is 19.2. The van der Waals surface area contributed by atoms with Gasteiger partial charge in [-0.3, -0.25) is 0 Å². The van der Waals surface area contributed by atoms with Crippen LogP contribution in [0.4, 0.5) is 26.0 Å². The minimum absolute atomic E-state index is 0.0288. The van der Waals surface area contributed by atoms with E-state index in [1.807, 2.05) is 59.5 Å². The van der Waals surface area contributed by atoms with Crippen molar-refractivity contribution in [3.8, 4) is 0 Å². The lowest BCUT2D eigenvalue weighted by Crippen LogP contribution is -2.34. The van der Waals surface area contributed by atoms with E-state index in [1.165, 1.54) is 12.4 Å². The van der Waals surface area contributed by atoms with E-state index in [4.69, 9.17) is 0 Å². The topological polar surface area (TPSA) is 41.0 Å².